The van der Waals surface area contributed by atoms with E-state index in [9.17, 15) is 15.0 Å². The summed E-state index contributed by atoms with van der Waals surface area (Å²) in [6, 6.07) is 3.51. The highest BCUT2D eigenvalue weighted by atomic mass is 16.3. The lowest BCUT2D eigenvalue weighted by molar-refractivity contribution is -0.0999. The van der Waals surface area contributed by atoms with Crippen LogP contribution in [0.25, 0.3) is 5.65 Å². The second-order valence-electron chi connectivity index (χ2n) is 5.48. The van der Waals surface area contributed by atoms with Gasteiger partial charge in [-0.3, -0.25) is 4.79 Å². The van der Waals surface area contributed by atoms with Crippen LogP contribution in [0.5, 0.6) is 0 Å². The normalized spacial score (nSPS) is 26.9. The van der Waals surface area contributed by atoms with Crippen LogP contribution in [0.3, 0.4) is 0 Å². The fourth-order valence-electron chi connectivity index (χ4n) is 2.44. The highest BCUT2D eigenvalue weighted by Gasteiger charge is 2.38. The predicted molar refractivity (Wildman–Crippen MR) is 72.3 cm³/mol. The Morgan fingerprint density at radius 3 is 3.05 bits per heavy atom. The lowest BCUT2D eigenvalue weighted by atomic mass is 9.90. The summed E-state index contributed by atoms with van der Waals surface area (Å²) in [7, 11) is 0. The largest absolute Gasteiger partial charge is 0.388 e. The number of β-amino-alcohol motifs (C(OH)–C–C–N with tert-alkyl or cyclic N) is 1. The van der Waals surface area contributed by atoms with Crippen molar-refractivity contribution >= 4 is 11.6 Å². The van der Waals surface area contributed by atoms with Gasteiger partial charge in [-0.2, -0.15) is 0 Å². The fraction of sp³-hybridized carbons (Fsp3) is 0.429. The topological polar surface area (TPSA) is 78.1 Å². The van der Waals surface area contributed by atoms with E-state index in [1.165, 1.54) is 0 Å². The molecule has 106 valence electrons. The number of nitrogens with zero attached hydrogens (tertiary/aromatic N) is 3. The minimum absolute atomic E-state index is 0.143. The van der Waals surface area contributed by atoms with Crippen LogP contribution in [0.15, 0.2) is 30.7 Å². The summed E-state index contributed by atoms with van der Waals surface area (Å²) in [6.07, 6.45) is 4.63. The third-order valence-electron chi connectivity index (χ3n) is 3.92. The number of hydrogen-bond donors (Lipinski definition) is 2. The van der Waals surface area contributed by atoms with Crippen molar-refractivity contribution in [2.24, 2.45) is 0 Å². The first kappa shape index (κ1) is 13.1. The Kier molecular flexibility index (Phi) is 2.99. The Labute approximate surface area is 116 Å². The maximum atomic E-state index is 12.4. The van der Waals surface area contributed by atoms with Gasteiger partial charge in [0.2, 0.25) is 0 Å². The smallest absolute Gasteiger partial charge is 0.255 e. The summed E-state index contributed by atoms with van der Waals surface area (Å²) in [6.45, 7) is 2.18. The number of carbonyl (C=O) groups excluding carboxylic acids is 1. The van der Waals surface area contributed by atoms with Gasteiger partial charge in [0.05, 0.1) is 17.3 Å². The molecule has 3 rings (SSSR count). The van der Waals surface area contributed by atoms with Gasteiger partial charge in [0.1, 0.15) is 5.65 Å². The van der Waals surface area contributed by atoms with E-state index < -0.39 is 11.7 Å². The average Bonchev–Trinajstić information content (AvgIpc) is 2.88. The maximum Gasteiger partial charge on any atom is 0.255 e. The van der Waals surface area contributed by atoms with Gasteiger partial charge in [-0.25, -0.2) is 4.98 Å². The molecule has 0 radical (unpaired) electrons. The van der Waals surface area contributed by atoms with E-state index in [0.29, 0.717) is 18.5 Å². The zero-order valence-corrected chi connectivity index (χ0v) is 11.2. The molecule has 6 heteroatoms. The molecule has 0 unspecified atom stereocenters. The van der Waals surface area contributed by atoms with Crippen molar-refractivity contribution in [2.75, 3.05) is 13.1 Å². The summed E-state index contributed by atoms with van der Waals surface area (Å²) in [5, 5.41) is 19.8. The van der Waals surface area contributed by atoms with Crippen molar-refractivity contribution in [1.29, 1.82) is 0 Å². The average molecular weight is 275 g/mol. The van der Waals surface area contributed by atoms with Crippen molar-refractivity contribution < 1.29 is 15.0 Å². The van der Waals surface area contributed by atoms with Crippen LogP contribution in [0, 0.1) is 0 Å². The first-order valence-electron chi connectivity index (χ1n) is 6.60. The second kappa shape index (κ2) is 4.57. The van der Waals surface area contributed by atoms with Crippen LogP contribution < -0.4 is 0 Å². The van der Waals surface area contributed by atoms with Crippen LogP contribution in [0.1, 0.15) is 23.7 Å². The first-order chi connectivity index (χ1) is 9.47. The molecule has 2 aromatic rings. The van der Waals surface area contributed by atoms with Gasteiger partial charge in [0.25, 0.3) is 5.91 Å². The third-order valence-corrected chi connectivity index (χ3v) is 3.92. The molecule has 0 aliphatic carbocycles. The summed E-state index contributed by atoms with van der Waals surface area (Å²) in [5.74, 6) is -0.143. The zero-order valence-electron chi connectivity index (χ0n) is 11.2. The molecule has 2 aromatic heterocycles. The minimum atomic E-state index is -1.12. The molecule has 0 aromatic carbocycles. The quantitative estimate of drug-likeness (QED) is 0.784. The van der Waals surface area contributed by atoms with Crippen LogP contribution in [0.4, 0.5) is 0 Å². The van der Waals surface area contributed by atoms with E-state index in [1.807, 2.05) is 0 Å². The standard InChI is InChI=1S/C14H17N3O3/c1-14(20)4-6-17(9-11(14)18)13(19)10-2-3-12-15-5-7-16(12)8-10/h2-3,5,7-8,11,18,20H,4,6,9H2,1H3/t11-,14+/m0/s1. The van der Waals surface area contributed by atoms with E-state index in [1.54, 1.807) is 46.9 Å². The summed E-state index contributed by atoms with van der Waals surface area (Å²) >= 11 is 0. The van der Waals surface area contributed by atoms with Crippen molar-refractivity contribution in [3.8, 4) is 0 Å². The number of imidazole rings is 1. The second-order valence-corrected chi connectivity index (χ2v) is 5.48. The molecule has 20 heavy (non-hydrogen) atoms. The fourth-order valence-corrected chi connectivity index (χ4v) is 2.44. The molecule has 2 N–H and O–H groups in total. The van der Waals surface area contributed by atoms with Gasteiger partial charge in [0, 0.05) is 31.7 Å². The van der Waals surface area contributed by atoms with Gasteiger partial charge in [-0.15, -0.1) is 0 Å². The lowest BCUT2D eigenvalue weighted by Gasteiger charge is -2.39. The lowest BCUT2D eigenvalue weighted by Crippen LogP contribution is -2.55. The Balaban J connectivity index is 1.82. The van der Waals surface area contributed by atoms with E-state index in [0.717, 1.165) is 5.65 Å². The van der Waals surface area contributed by atoms with Gasteiger partial charge in [-0.1, -0.05) is 0 Å². The Bertz CT molecular complexity index is 650. The zero-order chi connectivity index (χ0) is 14.3. The minimum Gasteiger partial charge on any atom is -0.388 e. The molecule has 0 spiro atoms. The summed E-state index contributed by atoms with van der Waals surface area (Å²) in [4.78, 5) is 18.1. The van der Waals surface area contributed by atoms with Crippen molar-refractivity contribution in [3.05, 3.63) is 36.3 Å². The SMILES string of the molecule is C[C@@]1(O)CCN(C(=O)c2ccc3nccn3c2)C[C@@H]1O. The van der Waals surface area contributed by atoms with E-state index in [2.05, 4.69) is 4.98 Å². The molecular formula is C14H17N3O3. The first-order valence-corrected chi connectivity index (χ1v) is 6.60. The van der Waals surface area contributed by atoms with Crippen LogP contribution in [-0.2, 0) is 0 Å². The van der Waals surface area contributed by atoms with Crippen LogP contribution >= 0.6 is 0 Å². The van der Waals surface area contributed by atoms with Crippen LogP contribution in [-0.4, -0.2) is 55.2 Å². The Morgan fingerprint density at radius 1 is 1.50 bits per heavy atom. The number of likely N-dealkylation sites (tertiary alicyclic amines) is 1. The highest BCUT2D eigenvalue weighted by molar-refractivity contribution is 5.94. The molecule has 1 amide bonds. The molecule has 3 heterocycles. The molecule has 1 saturated heterocycles. The van der Waals surface area contributed by atoms with E-state index >= 15 is 0 Å². The molecule has 0 bridgehead atoms. The molecule has 1 aliphatic rings. The molecular weight excluding hydrogens is 258 g/mol. The van der Waals surface area contributed by atoms with Crippen molar-refractivity contribution in [1.82, 2.24) is 14.3 Å². The predicted octanol–water partition coefficient (Wildman–Crippen LogP) is 0.292. The van der Waals surface area contributed by atoms with Gasteiger partial charge in [0.15, 0.2) is 0 Å². The Morgan fingerprint density at radius 2 is 2.30 bits per heavy atom. The number of aliphatic hydroxyl groups excluding tert-OH is 1. The van der Waals surface area contributed by atoms with Gasteiger partial charge in [-0.05, 0) is 25.5 Å². The summed E-state index contributed by atoms with van der Waals surface area (Å²) < 4.78 is 1.78. The maximum absolute atomic E-state index is 12.4. The highest BCUT2D eigenvalue weighted by Crippen LogP contribution is 2.23. The van der Waals surface area contributed by atoms with Gasteiger partial charge < -0.3 is 19.5 Å². The number of amides is 1. The van der Waals surface area contributed by atoms with Crippen molar-refractivity contribution in [3.63, 3.8) is 0 Å². The number of hydrogen-bond acceptors (Lipinski definition) is 4. The summed E-state index contributed by atoms with van der Waals surface area (Å²) in [5.41, 5.74) is 0.206. The third kappa shape index (κ3) is 2.17. The molecule has 1 fully saturated rings. The van der Waals surface area contributed by atoms with Gasteiger partial charge >= 0.3 is 0 Å². The van der Waals surface area contributed by atoms with Crippen molar-refractivity contribution in [2.45, 2.75) is 25.0 Å². The monoisotopic (exact) mass is 275 g/mol. The number of piperidine rings is 1. The molecule has 2 atom stereocenters. The number of rotatable bonds is 1. The molecule has 0 saturated carbocycles. The number of carbonyl (C=O) groups is 1. The molecule has 6 nitrogen and oxygen atoms in total. The number of aromatic nitrogens is 2. The van der Waals surface area contributed by atoms with E-state index in [-0.39, 0.29) is 12.5 Å². The number of fused-ring (bicyclic) bond motifs is 1. The number of aliphatic hydroxyl groups is 2. The Hall–Kier alpha value is -1.92. The van der Waals surface area contributed by atoms with E-state index in [4.69, 9.17) is 0 Å². The molecule has 1 aliphatic heterocycles. The number of pyridine rings is 1. The van der Waals surface area contributed by atoms with Crippen LogP contribution in [0.2, 0.25) is 0 Å².